The Morgan fingerprint density at radius 2 is 1.67 bits per heavy atom. The zero-order valence-corrected chi connectivity index (χ0v) is 23.5. The Bertz CT molecular complexity index is 979. The standard InChI is InChI=1S/C26H40O5SSi/c1-25(2,3)31-24(28)13-12-20(27)23-16-19-15-18(21(29-7)17-22(19)32-23)11-10-14-30-33(8,9)26(4,5)6/h15-17H,10-14H2,1-9H3. The third kappa shape index (κ3) is 7.93. The van der Waals surface area contributed by atoms with Gasteiger partial charge >= 0.3 is 5.97 Å². The lowest BCUT2D eigenvalue weighted by molar-refractivity contribution is -0.154. The molecule has 184 valence electrons. The van der Waals surface area contributed by atoms with Gasteiger partial charge in [-0.15, -0.1) is 11.3 Å². The zero-order chi connectivity index (χ0) is 25.0. The summed E-state index contributed by atoms with van der Waals surface area (Å²) >= 11 is 1.44. The topological polar surface area (TPSA) is 61.8 Å². The molecule has 0 N–H and O–H groups in total. The van der Waals surface area contributed by atoms with Gasteiger partial charge in [0.15, 0.2) is 14.1 Å². The highest BCUT2D eigenvalue weighted by atomic mass is 32.1. The molecule has 0 atom stereocenters. The molecule has 0 aliphatic rings. The van der Waals surface area contributed by atoms with Crippen LogP contribution in [0.5, 0.6) is 5.75 Å². The number of esters is 1. The lowest BCUT2D eigenvalue weighted by Gasteiger charge is -2.36. The van der Waals surface area contributed by atoms with Gasteiger partial charge in [0.1, 0.15) is 11.4 Å². The van der Waals surface area contributed by atoms with Crippen LogP contribution in [-0.2, 0) is 20.4 Å². The van der Waals surface area contributed by atoms with Crippen molar-refractivity contribution in [3.05, 3.63) is 28.6 Å². The summed E-state index contributed by atoms with van der Waals surface area (Å²) in [5, 5.41) is 1.23. The summed E-state index contributed by atoms with van der Waals surface area (Å²) < 4.78 is 18.2. The summed E-state index contributed by atoms with van der Waals surface area (Å²) in [5.41, 5.74) is 0.579. The predicted octanol–water partition coefficient (Wildman–Crippen LogP) is 7.17. The monoisotopic (exact) mass is 492 g/mol. The Balaban J connectivity index is 2.04. The van der Waals surface area contributed by atoms with Gasteiger partial charge in [-0.3, -0.25) is 9.59 Å². The van der Waals surface area contributed by atoms with Gasteiger partial charge in [-0.05, 0) is 80.9 Å². The number of methoxy groups -OCH3 is 1. The Hall–Kier alpha value is -1.70. The first-order chi connectivity index (χ1) is 15.1. The highest BCUT2D eigenvalue weighted by Gasteiger charge is 2.36. The molecule has 7 heteroatoms. The normalized spacial score (nSPS) is 12.8. The van der Waals surface area contributed by atoms with E-state index in [-0.39, 0.29) is 29.6 Å². The third-order valence-electron chi connectivity index (χ3n) is 6.03. The minimum absolute atomic E-state index is 0.0367. The molecule has 0 unspecified atom stereocenters. The Morgan fingerprint density at radius 1 is 1.00 bits per heavy atom. The molecule has 0 aliphatic heterocycles. The number of rotatable bonds is 10. The number of ketones is 1. The summed E-state index contributed by atoms with van der Waals surface area (Å²) in [6, 6.07) is 6.04. The number of hydrogen-bond acceptors (Lipinski definition) is 6. The minimum atomic E-state index is -1.75. The predicted molar refractivity (Wildman–Crippen MR) is 139 cm³/mol. The Morgan fingerprint density at radius 3 is 2.24 bits per heavy atom. The van der Waals surface area contributed by atoms with Crippen molar-refractivity contribution in [3.63, 3.8) is 0 Å². The van der Waals surface area contributed by atoms with Gasteiger partial charge < -0.3 is 13.9 Å². The van der Waals surface area contributed by atoms with Gasteiger partial charge in [-0.25, -0.2) is 0 Å². The molecule has 0 amide bonds. The van der Waals surface area contributed by atoms with Crippen LogP contribution in [0.3, 0.4) is 0 Å². The number of carbonyl (C=O) groups excluding carboxylic acids is 2. The van der Waals surface area contributed by atoms with Crippen LogP contribution in [0.15, 0.2) is 18.2 Å². The van der Waals surface area contributed by atoms with Crippen LogP contribution in [0.4, 0.5) is 0 Å². The molecule has 1 heterocycles. The fourth-order valence-corrected chi connectivity index (χ4v) is 5.30. The molecule has 2 aromatic rings. The maximum absolute atomic E-state index is 12.7. The van der Waals surface area contributed by atoms with Crippen molar-refractivity contribution in [2.45, 2.75) is 91.0 Å². The van der Waals surface area contributed by atoms with Crippen molar-refractivity contribution in [1.29, 1.82) is 0 Å². The zero-order valence-electron chi connectivity index (χ0n) is 21.7. The Labute approximate surface area is 203 Å². The van der Waals surface area contributed by atoms with Gasteiger partial charge in [0.2, 0.25) is 0 Å². The fourth-order valence-electron chi connectivity index (χ4n) is 3.18. The molecule has 0 aliphatic carbocycles. The summed E-state index contributed by atoms with van der Waals surface area (Å²) in [6.45, 7) is 17.5. The second-order valence-electron chi connectivity index (χ2n) is 11.0. The lowest BCUT2D eigenvalue weighted by Crippen LogP contribution is -2.41. The molecule has 1 aromatic heterocycles. The molecule has 0 radical (unpaired) electrons. The van der Waals surface area contributed by atoms with E-state index in [2.05, 4.69) is 39.9 Å². The van der Waals surface area contributed by atoms with Crippen LogP contribution in [0.2, 0.25) is 18.1 Å². The fraction of sp³-hybridized carbons (Fsp3) is 0.615. The molecule has 5 nitrogen and oxygen atoms in total. The molecule has 0 spiro atoms. The minimum Gasteiger partial charge on any atom is -0.496 e. The summed E-state index contributed by atoms with van der Waals surface area (Å²) in [4.78, 5) is 25.3. The van der Waals surface area contributed by atoms with E-state index in [0.717, 1.165) is 40.8 Å². The number of fused-ring (bicyclic) bond motifs is 1. The lowest BCUT2D eigenvalue weighted by atomic mass is 10.1. The maximum Gasteiger partial charge on any atom is 0.306 e. The third-order valence-corrected chi connectivity index (χ3v) is 11.7. The number of Topliss-reactive ketones (excluding diaryl/α,β-unsaturated/α-hetero) is 1. The molecule has 0 saturated carbocycles. The molecule has 1 aromatic carbocycles. The van der Waals surface area contributed by atoms with Crippen molar-refractivity contribution in [1.82, 2.24) is 0 Å². The molecular weight excluding hydrogens is 452 g/mol. The van der Waals surface area contributed by atoms with E-state index in [1.54, 1.807) is 7.11 Å². The quantitative estimate of drug-likeness (QED) is 0.152. The molecule has 2 rings (SSSR count). The average Bonchev–Trinajstić information content (AvgIpc) is 3.09. The van der Waals surface area contributed by atoms with Gasteiger partial charge in [-0.2, -0.15) is 0 Å². The van der Waals surface area contributed by atoms with Crippen LogP contribution in [-0.4, -0.2) is 39.4 Å². The first kappa shape index (κ1) is 27.5. The average molecular weight is 493 g/mol. The summed E-state index contributed by atoms with van der Waals surface area (Å²) in [5.74, 6) is 0.454. The van der Waals surface area contributed by atoms with E-state index in [1.807, 2.05) is 32.9 Å². The van der Waals surface area contributed by atoms with E-state index in [0.29, 0.717) is 4.88 Å². The molecule has 0 fully saturated rings. The van der Waals surface area contributed by atoms with Crippen LogP contribution in [0.25, 0.3) is 10.1 Å². The van der Waals surface area contributed by atoms with E-state index < -0.39 is 13.9 Å². The van der Waals surface area contributed by atoms with E-state index >= 15 is 0 Å². The van der Waals surface area contributed by atoms with E-state index in [4.69, 9.17) is 13.9 Å². The van der Waals surface area contributed by atoms with Gasteiger partial charge in [0, 0.05) is 17.7 Å². The molecule has 33 heavy (non-hydrogen) atoms. The molecule has 0 saturated heterocycles. The smallest absolute Gasteiger partial charge is 0.306 e. The number of carbonyl (C=O) groups is 2. The van der Waals surface area contributed by atoms with Crippen molar-refractivity contribution in [3.8, 4) is 5.75 Å². The number of ether oxygens (including phenoxy) is 2. The van der Waals surface area contributed by atoms with Gasteiger partial charge in [0.25, 0.3) is 0 Å². The highest BCUT2D eigenvalue weighted by molar-refractivity contribution is 7.20. The SMILES string of the molecule is COc1cc2sc(C(=O)CCC(=O)OC(C)(C)C)cc2cc1CCCO[Si](C)(C)C(C)(C)C. The largest absolute Gasteiger partial charge is 0.496 e. The second-order valence-corrected chi connectivity index (χ2v) is 16.9. The van der Waals surface area contributed by atoms with Crippen LogP contribution in [0, 0.1) is 0 Å². The van der Waals surface area contributed by atoms with E-state index in [1.165, 1.54) is 11.3 Å². The maximum atomic E-state index is 12.7. The summed E-state index contributed by atoms with van der Waals surface area (Å²) in [6.07, 6.45) is 2.01. The van der Waals surface area contributed by atoms with E-state index in [9.17, 15) is 9.59 Å². The van der Waals surface area contributed by atoms with Gasteiger partial charge in [0.05, 0.1) is 18.4 Å². The highest BCUT2D eigenvalue weighted by Crippen LogP contribution is 2.37. The van der Waals surface area contributed by atoms with Crippen molar-refractivity contribution < 1.29 is 23.5 Å². The molecular formula is C26H40O5SSi. The van der Waals surface area contributed by atoms with Crippen molar-refractivity contribution >= 4 is 41.5 Å². The van der Waals surface area contributed by atoms with Crippen LogP contribution >= 0.6 is 11.3 Å². The van der Waals surface area contributed by atoms with Crippen molar-refractivity contribution in [2.75, 3.05) is 13.7 Å². The number of hydrogen-bond donors (Lipinski definition) is 0. The van der Waals surface area contributed by atoms with Crippen LogP contribution < -0.4 is 4.74 Å². The first-order valence-electron chi connectivity index (χ1n) is 11.6. The first-order valence-corrected chi connectivity index (χ1v) is 15.3. The second kappa shape index (κ2) is 10.7. The molecule has 0 bridgehead atoms. The number of thiophene rings is 1. The number of benzene rings is 1. The number of aryl methyl sites for hydroxylation is 1. The van der Waals surface area contributed by atoms with Crippen LogP contribution in [0.1, 0.15) is 76.0 Å². The van der Waals surface area contributed by atoms with Gasteiger partial charge in [-0.1, -0.05) is 20.8 Å². The Kier molecular flexibility index (Phi) is 8.93. The van der Waals surface area contributed by atoms with Crippen molar-refractivity contribution in [2.24, 2.45) is 0 Å². The summed E-state index contributed by atoms with van der Waals surface area (Å²) in [7, 11) is -0.0696.